The Morgan fingerprint density at radius 2 is 2.06 bits per heavy atom. The van der Waals surface area contributed by atoms with E-state index < -0.39 is 0 Å². The van der Waals surface area contributed by atoms with E-state index in [1.165, 1.54) is 5.56 Å². The molecule has 0 radical (unpaired) electrons. The second kappa shape index (κ2) is 7.49. The van der Waals surface area contributed by atoms with Crippen molar-refractivity contribution in [2.24, 2.45) is 5.92 Å². The molecule has 2 unspecified atom stereocenters. The quantitative estimate of drug-likeness (QED) is 0.807. The van der Waals surface area contributed by atoms with Gasteiger partial charge in [-0.3, -0.25) is 4.98 Å². The van der Waals surface area contributed by atoms with Gasteiger partial charge in [0.25, 0.3) is 0 Å². The number of hydrogen-bond acceptors (Lipinski definition) is 3. The second-order valence-corrected chi connectivity index (χ2v) is 5.11. The third-order valence-corrected chi connectivity index (χ3v) is 3.17. The van der Waals surface area contributed by atoms with Crippen molar-refractivity contribution in [3.8, 4) is 0 Å². The van der Waals surface area contributed by atoms with Gasteiger partial charge in [0.15, 0.2) is 0 Å². The van der Waals surface area contributed by atoms with E-state index in [2.05, 4.69) is 43.2 Å². The summed E-state index contributed by atoms with van der Waals surface area (Å²) in [5.74, 6) is 0.464. The molecule has 0 aliphatic heterocycles. The molecule has 0 aliphatic carbocycles. The van der Waals surface area contributed by atoms with Crippen molar-refractivity contribution in [3.63, 3.8) is 0 Å². The van der Waals surface area contributed by atoms with Crippen LogP contribution < -0.4 is 5.32 Å². The topological polar surface area (TPSA) is 34.2 Å². The van der Waals surface area contributed by atoms with Gasteiger partial charge in [-0.15, -0.1) is 0 Å². The number of nitrogens with zero attached hydrogens (tertiary/aromatic N) is 1. The maximum Gasteiger partial charge on any atom is 0.0789 e. The fourth-order valence-electron chi connectivity index (χ4n) is 2.18. The highest BCUT2D eigenvalue weighted by atomic mass is 16.5. The summed E-state index contributed by atoms with van der Waals surface area (Å²) in [6.45, 7) is 9.56. The highest BCUT2D eigenvalue weighted by Crippen LogP contribution is 2.24. The Morgan fingerprint density at radius 3 is 2.50 bits per heavy atom. The van der Waals surface area contributed by atoms with Crippen LogP contribution in [0.5, 0.6) is 0 Å². The predicted molar refractivity (Wildman–Crippen MR) is 75.6 cm³/mol. The molecule has 102 valence electrons. The fraction of sp³-hybridized carbons (Fsp3) is 0.667. The molecule has 2 atom stereocenters. The number of ether oxygens (including phenoxy) is 1. The van der Waals surface area contributed by atoms with Crippen molar-refractivity contribution in [1.29, 1.82) is 0 Å². The van der Waals surface area contributed by atoms with Gasteiger partial charge in [0.05, 0.1) is 12.1 Å². The Kier molecular flexibility index (Phi) is 6.30. The monoisotopic (exact) mass is 250 g/mol. The summed E-state index contributed by atoms with van der Waals surface area (Å²) in [6.07, 6.45) is 3.24. The second-order valence-electron chi connectivity index (χ2n) is 5.11. The van der Waals surface area contributed by atoms with Crippen LogP contribution in [0.2, 0.25) is 0 Å². The van der Waals surface area contributed by atoms with Crippen LogP contribution in [0.4, 0.5) is 0 Å². The SMILES string of the molecule is CCCNC(c1ccc(C)nc1)C(OC)C(C)C. The molecule has 0 spiro atoms. The molecule has 1 heterocycles. The molecule has 0 saturated carbocycles. The number of hydrogen-bond donors (Lipinski definition) is 1. The van der Waals surface area contributed by atoms with E-state index >= 15 is 0 Å². The molecule has 1 aromatic rings. The molecule has 0 bridgehead atoms. The van der Waals surface area contributed by atoms with E-state index in [0.717, 1.165) is 18.7 Å². The minimum absolute atomic E-state index is 0.168. The zero-order chi connectivity index (χ0) is 13.5. The van der Waals surface area contributed by atoms with E-state index in [9.17, 15) is 0 Å². The maximum atomic E-state index is 5.67. The number of rotatable bonds is 7. The summed E-state index contributed by atoms with van der Waals surface area (Å²) in [5, 5.41) is 3.57. The minimum atomic E-state index is 0.168. The Bertz CT molecular complexity index is 335. The van der Waals surface area contributed by atoms with E-state index in [1.807, 2.05) is 13.1 Å². The summed E-state index contributed by atoms with van der Waals surface area (Å²) in [6, 6.07) is 4.41. The molecule has 0 aliphatic rings. The molecule has 3 nitrogen and oxygen atoms in total. The third kappa shape index (κ3) is 4.07. The van der Waals surface area contributed by atoms with Crippen LogP contribution in [0, 0.1) is 12.8 Å². The number of pyridine rings is 1. The molecular formula is C15H26N2O. The van der Waals surface area contributed by atoms with Crippen molar-refractivity contribution in [1.82, 2.24) is 10.3 Å². The van der Waals surface area contributed by atoms with Gasteiger partial charge >= 0.3 is 0 Å². The van der Waals surface area contributed by atoms with Gasteiger partial charge in [-0.25, -0.2) is 0 Å². The number of aryl methyl sites for hydroxylation is 1. The van der Waals surface area contributed by atoms with Crippen LogP contribution >= 0.6 is 0 Å². The lowest BCUT2D eigenvalue weighted by Gasteiger charge is -2.30. The smallest absolute Gasteiger partial charge is 0.0789 e. The third-order valence-electron chi connectivity index (χ3n) is 3.17. The van der Waals surface area contributed by atoms with Crippen LogP contribution in [-0.2, 0) is 4.74 Å². The zero-order valence-corrected chi connectivity index (χ0v) is 12.2. The van der Waals surface area contributed by atoms with Gasteiger partial charge in [0.1, 0.15) is 0 Å². The van der Waals surface area contributed by atoms with E-state index in [4.69, 9.17) is 4.74 Å². The molecule has 0 amide bonds. The van der Waals surface area contributed by atoms with Crippen molar-refractivity contribution >= 4 is 0 Å². The predicted octanol–water partition coefficient (Wildman–Crippen LogP) is 3.10. The molecule has 3 heteroatoms. The van der Waals surface area contributed by atoms with Crippen molar-refractivity contribution in [3.05, 3.63) is 29.6 Å². The summed E-state index contributed by atoms with van der Waals surface area (Å²) in [5.41, 5.74) is 2.25. The average Bonchev–Trinajstić information content (AvgIpc) is 2.35. The number of nitrogens with one attached hydrogen (secondary N) is 1. The first-order valence-electron chi connectivity index (χ1n) is 6.78. The Labute approximate surface area is 111 Å². The lowest BCUT2D eigenvalue weighted by atomic mass is 9.94. The maximum absolute atomic E-state index is 5.67. The molecule has 18 heavy (non-hydrogen) atoms. The van der Waals surface area contributed by atoms with E-state index in [-0.39, 0.29) is 12.1 Å². The summed E-state index contributed by atoms with van der Waals surface area (Å²) in [4.78, 5) is 4.39. The van der Waals surface area contributed by atoms with Crippen LogP contribution in [0.25, 0.3) is 0 Å². The van der Waals surface area contributed by atoms with Gasteiger partial charge < -0.3 is 10.1 Å². The molecule has 1 aromatic heterocycles. The number of methoxy groups -OCH3 is 1. The van der Waals surface area contributed by atoms with Gasteiger partial charge in [0.2, 0.25) is 0 Å². The Balaban J connectivity index is 2.92. The standard InChI is InChI=1S/C15H26N2O/c1-6-9-16-14(15(18-5)11(2)3)13-8-7-12(4)17-10-13/h7-8,10-11,14-16H,6,9H2,1-5H3. The summed E-state index contributed by atoms with van der Waals surface area (Å²) < 4.78 is 5.67. The molecule has 1 rings (SSSR count). The normalized spacial score (nSPS) is 14.8. The largest absolute Gasteiger partial charge is 0.379 e. The van der Waals surface area contributed by atoms with Crippen LogP contribution in [-0.4, -0.2) is 24.7 Å². The van der Waals surface area contributed by atoms with Crippen LogP contribution in [0.1, 0.15) is 44.5 Å². The summed E-state index contributed by atoms with van der Waals surface area (Å²) >= 11 is 0. The van der Waals surface area contributed by atoms with Gasteiger partial charge in [-0.05, 0) is 37.4 Å². The minimum Gasteiger partial charge on any atom is -0.379 e. The number of aromatic nitrogens is 1. The van der Waals surface area contributed by atoms with Crippen molar-refractivity contribution in [2.75, 3.05) is 13.7 Å². The zero-order valence-electron chi connectivity index (χ0n) is 12.2. The van der Waals surface area contributed by atoms with Crippen LogP contribution in [0.15, 0.2) is 18.3 Å². The molecular weight excluding hydrogens is 224 g/mol. The molecule has 1 N–H and O–H groups in total. The van der Waals surface area contributed by atoms with Gasteiger partial charge in [-0.1, -0.05) is 26.8 Å². The highest BCUT2D eigenvalue weighted by Gasteiger charge is 2.25. The van der Waals surface area contributed by atoms with Gasteiger partial charge in [-0.2, -0.15) is 0 Å². The lowest BCUT2D eigenvalue weighted by Crippen LogP contribution is -2.37. The first-order valence-corrected chi connectivity index (χ1v) is 6.78. The van der Waals surface area contributed by atoms with Gasteiger partial charge in [0, 0.05) is 19.0 Å². The average molecular weight is 250 g/mol. The van der Waals surface area contributed by atoms with Crippen molar-refractivity contribution in [2.45, 2.75) is 46.3 Å². The van der Waals surface area contributed by atoms with E-state index in [1.54, 1.807) is 7.11 Å². The molecule has 0 aromatic carbocycles. The lowest BCUT2D eigenvalue weighted by molar-refractivity contribution is 0.0325. The highest BCUT2D eigenvalue weighted by molar-refractivity contribution is 5.18. The molecule has 0 fully saturated rings. The summed E-state index contributed by atoms with van der Waals surface area (Å²) in [7, 11) is 1.78. The fourth-order valence-corrected chi connectivity index (χ4v) is 2.18. The first-order chi connectivity index (χ1) is 8.60. The molecule has 0 saturated heterocycles. The Hall–Kier alpha value is -0.930. The van der Waals surface area contributed by atoms with E-state index in [0.29, 0.717) is 5.92 Å². The first kappa shape index (κ1) is 15.1. The van der Waals surface area contributed by atoms with Crippen LogP contribution in [0.3, 0.4) is 0 Å². The van der Waals surface area contributed by atoms with Crippen molar-refractivity contribution < 1.29 is 4.74 Å². The Morgan fingerprint density at radius 1 is 1.33 bits per heavy atom.